The molecule has 0 spiro atoms. The van der Waals surface area contributed by atoms with Gasteiger partial charge in [0.05, 0.1) is 12.3 Å². The number of fused-ring (bicyclic) bond motifs is 1. The lowest BCUT2D eigenvalue weighted by molar-refractivity contribution is -0.141. The standard InChI is InChI=1S/C20H21NO5/c1-13(20(23)24)10-14-2-5-16(6-3-14)21-19(22)12-15-4-7-17-18(11-15)26-9-8-25-17/h2-7,11,13H,8-10,12H2,1H3,(H,21,22)(H,23,24). The lowest BCUT2D eigenvalue weighted by atomic mass is 10.0. The Balaban J connectivity index is 1.57. The number of aliphatic carboxylic acids is 1. The summed E-state index contributed by atoms with van der Waals surface area (Å²) in [6, 6.07) is 12.7. The molecule has 1 heterocycles. The van der Waals surface area contributed by atoms with Gasteiger partial charge in [0.1, 0.15) is 13.2 Å². The number of carboxylic acids is 1. The van der Waals surface area contributed by atoms with Gasteiger partial charge in [-0.15, -0.1) is 0 Å². The Hall–Kier alpha value is -3.02. The highest BCUT2D eigenvalue weighted by molar-refractivity contribution is 5.92. The van der Waals surface area contributed by atoms with Gasteiger partial charge in [-0.3, -0.25) is 9.59 Å². The lowest BCUT2D eigenvalue weighted by Gasteiger charge is -2.18. The zero-order chi connectivity index (χ0) is 18.5. The van der Waals surface area contributed by atoms with Crippen LogP contribution in [0.2, 0.25) is 0 Å². The maximum absolute atomic E-state index is 12.2. The zero-order valence-electron chi connectivity index (χ0n) is 14.5. The molecule has 0 radical (unpaired) electrons. The highest BCUT2D eigenvalue weighted by atomic mass is 16.6. The summed E-state index contributed by atoms with van der Waals surface area (Å²) >= 11 is 0. The molecule has 2 N–H and O–H groups in total. The van der Waals surface area contributed by atoms with Gasteiger partial charge in [0.25, 0.3) is 0 Å². The Morgan fingerprint density at radius 1 is 1.04 bits per heavy atom. The van der Waals surface area contributed by atoms with E-state index in [1.54, 1.807) is 19.1 Å². The van der Waals surface area contributed by atoms with Crippen molar-refractivity contribution in [2.24, 2.45) is 5.92 Å². The van der Waals surface area contributed by atoms with Crippen LogP contribution in [0.5, 0.6) is 11.5 Å². The molecule has 0 saturated heterocycles. The van der Waals surface area contributed by atoms with Gasteiger partial charge in [0, 0.05) is 5.69 Å². The van der Waals surface area contributed by atoms with Crippen molar-refractivity contribution in [3.63, 3.8) is 0 Å². The number of rotatable bonds is 6. The van der Waals surface area contributed by atoms with Crippen LogP contribution in [0.15, 0.2) is 42.5 Å². The van der Waals surface area contributed by atoms with Gasteiger partial charge in [-0.2, -0.15) is 0 Å². The summed E-state index contributed by atoms with van der Waals surface area (Å²) in [5.74, 6) is -0.0224. The summed E-state index contributed by atoms with van der Waals surface area (Å²) in [6.45, 7) is 2.72. The van der Waals surface area contributed by atoms with Gasteiger partial charge in [-0.05, 0) is 41.8 Å². The van der Waals surface area contributed by atoms with Crippen LogP contribution in [0, 0.1) is 5.92 Å². The van der Waals surface area contributed by atoms with Crippen LogP contribution in [-0.2, 0) is 22.4 Å². The topological polar surface area (TPSA) is 84.9 Å². The first-order valence-corrected chi connectivity index (χ1v) is 8.51. The molecule has 1 unspecified atom stereocenters. The third-order valence-electron chi connectivity index (χ3n) is 4.17. The van der Waals surface area contributed by atoms with Gasteiger partial charge in [-0.25, -0.2) is 0 Å². The molecule has 0 aromatic heterocycles. The second kappa shape index (κ2) is 7.91. The zero-order valence-corrected chi connectivity index (χ0v) is 14.5. The molecule has 6 heteroatoms. The Morgan fingerprint density at radius 3 is 2.38 bits per heavy atom. The Labute approximate surface area is 151 Å². The molecule has 6 nitrogen and oxygen atoms in total. The molecule has 0 saturated carbocycles. The summed E-state index contributed by atoms with van der Waals surface area (Å²) in [5.41, 5.74) is 2.45. The van der Waals surface area contributed by atoms with Gasteiger partial charge in [0.2, 0.25) is 5.91 Å². The Morgan fingerprint density at radius 2 is 1.69 bits per heavy atom. The predicted molar refractivity (Wildman–Crippen MR) is 96.7 cm³/mol. The fraction of sp³-hybridized carbons (Fsp3) is 0.300. The Bertz CT molecular complexity index is 800. The third kappa shape index (κ3) is 4.53. The Kier molecular flexibility index (Phi) is 5.41. The van der Waals surface area contributed by atoms with Crippen LogP contribution >= 0.6 is 0 Å². The van der Waals surface area contributed by atoms with Crippen molar-refractivity contribution < 1.29 is 24.2 Å². The van der Waals surface area contributed by atoms with E-state index in [1.807, 2.05) is 30.3 Å². The number of carboxylic acid groups (broad SMARTS) is 1. The van der Waals surface area contributed by atoms with Crippen LogP contribution in [0.3, 0.4) is 0 Å². The van der Waals surface area contributed by atoms with E-state index < -0.39 is 11.9 Å². The van der Waals surface area contributed by atoms with E-state index in [4.69, 9.17) is 14.6 Å². The van der Waals surface area contributed by atoms with Crippen LogP contribution < -0.4 is 14.8 Å². The van der Waals surface area contributed by atoms with Crippen LogP contribution in [-0.4, -0.2) is 30.2 Å². The van der Waals surface area contributed by atoms with E-state index in [1.165, 1.54) is 0 Å². The van der Waals surface area contributed by atoms with Gasteiger partial charge in [0.15, 0.2) is 11.5 Å². The molecule has 1 atom stereocenters. The normalized spacial score (nSPS) is 13.7. The van der Waals surface area contributed by atoms with Crippen molar-refractivity contribution in [3.8, 4) is 11.5 Å². The van der Waals surface area contributed by atoms with E-state index in [-0.39, 0.29) is 12.3 Å². The largest absolute Gasteiger partial charge is 0.486 e. The van der Waals surface area contributed by atoms with Gasteiger partial charge >= 0.3 is 5.97 Å². The minimum absolute atomic E-state index is 0.131. The second-order valence-corrected chi connectivity index (χ2v) is 6.34. The quantitative estimate of drug-likeness (QED) is 0.832. The smallest absolute Gasteiger partial charge is 0.306 e. The van der Waals surface area contributed by atoms with Gasteiger partial charge in [-0.1, -0.05) is 25.1 Å². The fourth-order valence-electron chi connectivity index (χ4n) is 2.75. The molecule has 26 heavy (non-hydrogen) atoms. The first-order valence-electron chi connectivity index (χ1n) is 8.51. The minimum atomic E-state index is -0.818. The molecular weight excluding hydrogens is 334 g/mol. The van der Waals surface area contributed by atoms with Crippen LogP contribution in [0.1, 0.15) is 18.1 Å². The van der Waals surface area contributed by atoms with E-state index in [9.17, 15) is 9.59 Å². The second-order valence-electron chi connectivity index (χ2n) is 6.34. The highest BCUT2D eigenvalue weighted by Crippen LogP contribution is 2.30. The first-order chi connectivity index (χ1) is 12.5. The summed E-state index contributed by atoms with van der Waals surface area (Å²) in [4.78, 5) is 23.1. The number of nitrogens with one attached hydrogen (secondary N) is 1. The van der Waals surface area contributed by atoms with Crippen molar-refractivity contribution >= 4 is 17.6 Å². The monoisotopic (exact) mass is 355 g/mol. The van der Waals surface area contributed by atoms with Crippen LogP contribution in [0.4, 0.5) is 5.69 Å². The number of carbonyl (C=O) groups excluding carboxylic acids is 1. The summed E-state index contributed by atoms with van der Waals surface area (Å²) < 4.78 is 11.0. The van der Waals surface area contributed by atoms with Crippen molar-refractivity contribution in [1.29, 1.82) is 0 Å². The van der Waals surface area contributed by atoms with Crippen molar-refractivity contribution in [2.45, 2.75) is 19.8 Å². The maximum atomic E-state index is 12.2. The summed E-state index contributed by atoms with van der Waals surface area (Å²) in [7, 11) is 0. The molecule has 1 amide bonds. The minimum Gasteiger partial charge on any atom is -0.486 e. The van der Waals surface area contributed by atoms with E-state index in [2.05, 4.69) is 5.32 Å². The molecule has 1 aliphatic heterocycles. The van der Waals surface area contributed by atoms with E-state index in [0.717, 1.165) is 11.1 Å². The number of amides is 1. The fourth-order valence-corrected chi connectivity index (χ4v) is 2.75. The SMILES string of the molecule is CC(Cc1ccc(NC(=O)Cc2ccc3c(c2)OCCO3)cc1)C(=O)O. The molecular formula is C20H21NO5. The number of anilines is 1. The summed E-state index contributed by atoms with van der Waals surface area (Å²) in [5, 5.41) is 11.8. The third-order valence-corrected chi connectivity index (χ3v) is 4.17. The number of carbonyl (C=O) groups is 2. The average Bonchev–Trinajstić information content (AvgIpc) is 2.63. The molecule has 2 aromatic carbocycles. The molecule has 3 rings (SSSR count). The van der Waals surface area contributed by atoms with Crippen molar-refractivity contribution in [3.05, 3.63) is 53.6 Å². The van der Waals surface area contributed by atoms with E-state index in [0.29, 0.717) is 36.8 Å². The molecule has 0 fully saturated rings. The van der Waals surface area contributed by atoms with Crippen LogP contribution in [0.25, 0.3) is 0 Å². The number of benzene rings is 2. The van der Waals surface area contributed by atoms with E-state index >= 15 is 0 Å². The molecule has 0 bridgehead atoms. The first kappa shape index (κ1) is 17.8. The van der Waals surface area contributed by atoms with Crippen molar-refractivity contribution in [2.75, 3.05) is 18.5 Å². The average molecular weight is 355 g/mol. The number of hydrogen-bond donors (Lipinski definition) is 2. The maximum Gasteiger partial charge on any atom is 0.306 e. The molecule has 0 aliphatic carbocycles. The molecule has 1 aliphatic rings. The molecule has 136 valence electrons. The lowest BCUT2D eigenvalue weighted by Crippen LogP contribution is -2.17. The number of ether oxygens (including phenoxy) is 2. The highest BCUT2D eigenvalue weighted by Gasteiger charge is 2.14. The predicted octanol–water partition coefficient (Wildman–Crippen LogP) is 2.90. The summed E-state index contributed by atoms with van der Waals surface area (Å²) in [6.07, 6.45) is 0.690. The van der Waals surface area contributed by atoms with Crippen molar-refractivity contribution in [1.82, 2.24) is 0 Å². The number of hydrogen-bond acceptors (Lipinski definition) is 4. The molecule has 2 aromatic rings. The van der Waals surface area contributed by atoms with Gasteiger partial charge < -0.3 is 19.9 Å².